The smallest absolute Gasteiger partial charge is 0.378 e. The van der Waals surface area contributed by atoms with Crippen LogP contribution in [-0.2, 0) is 16.0 Å². The number of alkyl halides is 3. The van der Waals surface area contributed by atoms with Crippen molar-refractivity contribution >= 4 is 23.1 Å². The lowest BCUT2D eigenvalue weighted by molar-refractivity contribution is -0.138. The quantitative estimate of drug-likeness (QED) is 0.274. The van der Waals surface area contributed by atoms with Crippen LogP contribution in [0.15, 0.2) is 54.6 Å². The van der Waals surface area contributed by atoms with Crippen molar-refractivity contribution in [3.05, 3.63) is 82.4 Å². The van der Waals surface area contributed by atoms with E-state index in [4.69, 9.17) is 10.5 Å². The standard InChI is InChI=1S/C36H41F3N4O3/c1-2-3-10-26-31-27(23-11-4-5-12-24(23)32(31)35(45)41-22-36(37,38)39)21-28(33(26)43-16-9-8-15-30(43)40)34(44)25-13-6-7-14-29(25)42-17-19-46-20-18-42/h4-7,11-14,21,30,32H,2-3,8-10,15-20,22,40H2,1H3,(H,41,45). The molecule has 244 valence electrons. The van der Waals surface area contributed by atoms with Crippen LogP contribution in [-0.4, -0.2) is 63.4 Å². The van der Waals surface area contributed by atoms with Crippen LogP contribution in [0.1, 0.15) is 77.6 Å². The maximum atomic E-state index is 14.9. The molecule has 1 amide bonds. The van der Waals surface area contributed by atoms with E-state index in [1.807, 2.05) is 42.5 Å². The molecule has 3 aromatic rings. The minimum Gasteiger partial charge on any atom is -0.378 e. The highest BCUT2D eigenvalue weighted by molar-refractivity contribution is 6.17. The third-order valence-electron chi connectivity index (χ3n) is 9.38. The van der Waals surface area contributed by atoms with Crippen LogP contribution in [0.2, 0.25) is 0 Å². The second-order valence-corrected chi connectivity index (χ2v) is 12.4. The van der Waals surface area contributed by atoms with Gasteiger partial charge in [-0.1, -0.05) is 49.7 Å². The second-order valence-electron chi connectivity index (χ2n) is 12.4. The number of morpholine rings is 1. The number of hydrogen-bond acceptors (Lipinski definition) is 6. The van der Waals surface area contributed by atoms with Gasteiger partial charge in [0, 0.05) is 36.4 Å². The number of nitrogens with zero attached hydrogens (tertiary/aromatic N) is 2. The zero-order valence-corrected chi connectivity index (χ0v) is 26.2. The largest absolute Gasteiger partial charge is 0.405 e. The van der Waals surface area contributed by atoms with Crippen molar-refractivity contribution in [3.8, 4) is 11.1 Å². The molecule has 46 heavy (non-hydrogen) atoms. The fraction of sp³-hybridized carbons (Fsp3) is 0.444. The summed E-state index contributed by atoms with van der Waals surface area (Å²) >= 11 is 0. The highest BCUT2D eigenvalue weighted by Crippen LogP contribution is 2.51. The van der Waals surface area contributed by atoms with Crippen molar-refractivity contribution in [2.24, 2.45) is 5.73 Å². The van der Waals surface area contributed by atoms with Crippen LogP contribution in [0.4, 0.5) is 24.5 Å². The van der Waals surface area contributed by atoms with Gasteiger partial charge in [-0.05, 0) is 78.1 Å². The molecule has 3 aromatic carbocycles. The molecule has 0 aromatic heterocycles. The van der Waals surface area contributed by atoms with Gasteiger partial charge in [0.1, 0.15) is 6.54 Å². The van der Waals surface area contributed by atoms with E-state index in [-0.39, 0.29) is 11.9 Å². The number of halogens is 3. The number of fused-ring (bicyclic) bond motifs is 3. The number of hydrogen-bond donors (Lipinski definition) is 2. The molecule has 7 nitrogen and oxygen atoms in total. The molecular formula is C36H41F3N4O3. The summed E-state index contributed by atoms with van der Waals surface area (Å²) in [4.78, 5) is 32.9. The maximum absolute atomic E-state index is 14.9. The fourth-order valence-electron chi connectivity index (χ4n) is 7.24. The van der Waals surface area contributed by atoms with E-state index in [0.29, 0.717) is 67.2 Å². The molecule has 2 aliphatic heterocycles. The number of ether oxygens (including phenoxy) is 1. The number of para-hydroxylation sites is 1. The van der Waals surface area contributed by atoms with Gasteiger partial charge in [0.25, 0.3) is 0 Å². The Bertz CT molecular complexity index is 1600. The van der Waals surface area contributed by atoms with Crippen LogP contribution in [0, 0.1) is 0 Å². The maximum Gasteiger partial charge on any atom is 0.405 e. The van der Waals surface area contributed by atoms with E-state index in [1.54, 1.807) is 12.1 Å². The zero-order chi connectivity index (χ0) is 32.4. The molecule has 2 fully saturated rings. The molecule has 0 spiro atoms. The molecule has 2 unspecified atom stereocenters. The van der Waals surface area contributed by atoms with Crippen molar-refractivity contribution < 1.29 is 27.5 Å². The van der Waals surface area contributed by atoms with Gasteiger partial charge >= 0.3 is 6.18 Å². The molecule has 2 heterocycles. The van der Waals surface area contributed by atoms with E-state index in [1.165, 1.54) is 0 Å². The monoisotopic (exact) mass is 634 g/mol. The highest BCUT2D eigenvalue weighted by Gasteiger charge is 2.41. The van der Waals surface area contributed by atoms with Crippen molar-refractivity contribution in [1.29, 1.82) is 0 Å². The average Bonchev–Trinajstić information content (AvgIpc) is 3.40. The Labute approximate surface area is 267 Å². The SMILES string of the molecule is CCCCc1c2c(cc(C(=O)c3ccccc3N3CCOCC3)c1N1CCCCC1N)-c1ccccc1C2C(=O)NCC(F)(F)F. The number of carbonyl (C=O) groups excluding carboxylic acids is 2. The summed E-state index contributed by atoms with van der Waals surface area (Å²) in [6.45, 7) is 3.79. The molecular weight excluding hydrogens is 593 g/mol. The first-order valence-corrected chi connectivity index (χ1v) is 16.3. The van der Waals surface area contributed by atoms with E-state index in [9.17, 15) is 22.8 Å². The predicted octanol–water partition coefficient (Wildman–Crippen LogP) is 6.16. The van der Waals surface area contributed by atoms with Gasteiger partial charge in [0.2, 0.25) is 5.91 Å². The number of amides is 1. The summed E-state index contributed by atoms with van der Waals surface area (Å²) in [6.07, 6.45) is -0.0886. The Balaban J connectivity index is 1.59. The van der Waals surface area contributed by atoms with Crippen LogP contribution < -0.4 is 20.9 Å². The molecule has 2 saturated heterocycles. The van der Waals surface area contributed by atoms with Crippen LogP contribution >= 0.6 is 0 Å². The Morgan fingerprint density at radius 1 is 0.978 bits per heavy atom. The van der Waals surface area contributed by atoms with E-state index < -0.39 is 24.5 Å². The number of anilines is 2. The summed E-state index contributed by atoms with van der Waals surface area (Å²) in [7, 11) is 0. The summed E-state index contributed by atoms with van der Waals surface area (Å²) in [5.41, 5.74) is 13.0. The third-order valence-corrected chi connectivity index (χ3v) is 9.38. The summed E-state index contributed by atoms with van der Waals surface area (Å²) in [5.74, 6) is -1.78. The van der Waals surface area contributed by atoms with Gasteiger partial charge < -0.3 is 25.6 Å². The number of ketones is 1. The van der Waals surface area contributed by atoms with Gasteiger partial charge in [-0.25, -0.2) is 0 Å². The average molecular weight is 635 g/mol. The first kappa shape index (κ1) is 32.1. The summed E-state index contributed by atoms with van der Waals surface area (Å²) in [5, 5.41) is 2.16. The lowest BCUT2D eigenvalue weighted by Gasteiger charge is -2.39. The molecule has 10 heteroatoms. The van der Waals surface area contributed by atoms with Gasteiger partial charge in [-0.3, -0.25) is 9.59 Å². The Kier molecular flexibility index (Phi) is 9.38. The lowest BCUT2D eigenvalue weighted by atomic mass is 9.84. The Hall–Kier alpha value is -3.89. The van der Waals surface area contributed by atoms with E-state index in [0.717, 1.165) is 54.5 Å². The Morgan fingerprint density at radius 3 is 2.46 bits per heavy atom. The normalized spacial score (nSPS) is 19.5. The number of unbranched alkanes of at least 4 members (excludes halogenated alkanes) is 1. The third kappa shape index (κ3) is 6.25. The van der Waals surface area contributed by atoms with Crippen LogP contribution in [0.3, 0.4) is 0 Å². The minimum absolute atomic E-state index is 0.141. The molecule has 0 bridgehead atoms. The molecule has 3 aliphatic rings. The molecule has 0 radical (unpaired) electrons. The molecule has 1 aliphatic carbocycles. The number of carbonyl (C=O) groups is 2. The molecule has 0 saturated carbocycles. The van der Waals surface area contributed by atoms with E-state index >= 15 is 0 Å². The first-order valence-electron chi connectivity index (χ1n) is 16.3. The van der Waals surface area contributed by atoms with Crippen molar-refractivity contribution in [3.63, 3.8) is 0 Å². The number of nitrogens with one attached hydrogen (secondary N) is 1. The van der Waals surface area contributed by atoms with Crippen LogP contribution in [0.5, 0.6) is 0 Å². The molecule has 2 atom stereocenters. The van der Waals surface area contributed by atoms with Crippen molar-refractivity contribution in [2.75, 3.05) is 49.2 Å². The number of nitrogens with two attached hydrogens (primary N) is 1. The lowest BCUT2D eigenvalue weighted by Crippen LogP contribution is -2.47. The van der Waals surface area contributed by atoms with Crippen molar-refractivity contribution in [2.45, 2.75) is 63.7 Å². The fourth-order valence-corrected chi connectivity index (χ4v) is 7.24. The minimum atomic E-state index is -4.54. The highest BCUT2D eigenvalue weighted by atomic mass is 19.4. The summed E-state index contributed by atoms with van der Waals surface area (Å²) < 4.78 is 45.4. The predicted molar refractivity (Wildman–Crippen MR) is 173 cm³/mol. The van der Waals surface area contributed by atoms with Gasteiger partial charge in [-0.2, -0.15) is 13.2 Å². The molecule has 3 N–H and O–H groups in total. The van der Waals surface area contributed by atoms with Gasteiger partial charge in [0.15, 0.2) is 5.78 Å². The van der Waals surface area contributed by atoms with Crippen molar-refractivity contribution in [1.82, 2.24) is 5.32 Å². The zero-order valence-electron chi connectivity index (χ0n) is 26.2. The number of rotatable bonds is 9. The first-order chi connectivity index (χ1) is 22.2. The number of piperidine rings is 1. The number of benzene rings is 3. The summed E-state index contributed by atoms with van der Waals surface area (Å²) in [6, 6.07) is 16.8. The van der Waals surface area contributed by atoms with Gasteiger partial charge in [-0.15, -0.1) is 0 Å². The topological polar surface area (TPSA) is 87.9 Å². The second kappa shape index (κ2) is 13.5. The molecule has 6 rings (SSSR count). The van der Waals surface area contributed by atoms with E-state index in [2.05, 4.69) is 22.0 Å². The van der Waals surface area contributed by atoms with Gasteiger partial charge in [0.05, 0.1) is 31.0 Å². The van der Waals surface area contributed by atoms with Crippen LogP contribution in [0.25, 0.3) is 11.1 Å². The Morgan fingerprint density at radius 2 is 1.72 bits per heavy atom.